The highest BCUT2D eigenvalue weighted by Crippen LogP contribution is 2.26. The van der Waals surface area contributed by atoms with Crippen LogP contribution in [0.15, 0.2) is 24.3 Å². The van der Waals surface area contributed by atoms with Gasteiger partial charge in [-0.25, -0.2) is 4.98 Å². The lowest BCUT2D eigenvalue weighted by Crippen LogP contribution is -2.48. The third-order valence-electron chi connectivity index (χ3n) is 4.50. The number of piperazine rings is 1. The van der Waals surface area contributed by atoms with Crippen LogP contribution in [0.5, 0.6) is 0 Å². The third kappa shape index (κ3) is 4.44. The number of halogens is 2. The van der Waals surface area contributed by atoms with Crippen molar-refractivity contribution in [2.45, 2.75) is 12.8 Å². The number of pyridine rings is 1. The van der Waals surface area contributed by atoms with Crippen molar-refractivity contribution in [3.63, 3.8) is 0 Å². The van der Waals surface area contributed by atoms with E-state index in [0.717, 1.165) is 25.0 Å². The molecule has 1 aromatic carbocycles. The van der Waals surface area contributed by atoms with Crippen LogP contribution in [0.4, 0.5) is 0 Å². The predicted octanol–water partition coefficient (Wildman–Crippen LogP) is 3.16. The minimum atomic E-state index is -0.774. The molecule has 8 heteroatoms. The maximum Gasteiger partial charge on any atom is 0.303 e. The lowest BCUT2D eigenvalue weighted by molar-refractivity contribution is -0.137. The molecule has 138 valence electrons. The van der Waals surface area contributed by atoms with Crippen LogP contribution in [-0.4, -0.2) is 64.5 Å². The molecule has 2 aromatic rings. The lowest BCUT2D eigenvalue weighted by atomic mass is 10.1. The first-order valence-corrected chi connectivity index (χ1v) is 9.19. The fourth-order valence-corrected chi connectivity index (χ4v) is 3.62. The Hall–Kier alpha value is -1.89. The Kier molecular flexibility index (Phi) is 5.96. The highest BCUT2D eigenvalue weighted by atomic mass is 35.5. The summed E-state index contributed by atoms with van der Waals surface area (Å²) in [6.45, 7) is 3.47. The molecule has 1 aliphatic heterocycles. The van der Waals surface area contributed by atoms with Gasteiger partial charge in [0.05, 0.1) is 10.5 Å². The first-order chi connectivity index (χ1) is 12.4. The number of hydrogen-bond acceptors (Lipinski definition) is 4. The Balaban J connectivity index is 1.63. The van der Waals surface area contributed by atoms with Crippen molar-refractivity contribution < 1.29 is 14.7 Å². The van der Waals surface area contributed by atoms with Gasteiger partial charge in [0.2, 0.25) is 0 Å². The van der Waals surface area contributed by atoms with Crippen molar-refractivity contribution in [1.29, 1.82) is 0 Å². The molecule has 0 spiro atoms. The molecule has 2 heterocycles. The largest absolute Gasteiger partial charge is 0.481 e. The number of carbonyl (C=O) groups is 2. The lowest BCUT2D eigenvalue weighted by Gasteiger charge is -2.34. The van der Waals surface area contributed by atoms with Gasteiger partial charge in [-0.05, 0) is 31.2 Å². The van der Waals surface area contributed by atoms with E-state index >= 15 is 0 Å². The van der Waals surface area contributed by atoms with Crippen LogP contribution >= 0.6 is 23.2 Å². The summed E-state index contributed by atoms with van der Waals surface area (Å²) in [6, 6.07) is 6.84. The summed E-state index contributed by atoms with van der Waals surface area (Å²) in [5, 5.41) is 10.3. The van der Waals surface area contributed by atoms with E-state index in [1.54, 1.807) is 29.2 Å². The molecule has 3 rings (SSSR count). The minimum absolute atomic E-state index is 0.0463. The Bertz CT molecular complexity index is 836. The Labute approximate surface area is 161 Å². The van der Waals surface area contributed by atoms with Gasteiger partial charge in [-0.2, -0.15) is 0 Å². The Morgan fingerprint density at radius 1 is 1.12 bits per heavy atom. The molecule has 0 radical (unpaired) electrons. The number of rotatable bonds is 5. The van der Waals surface area contributed by atoms with Gasteiger partial charge >= 0.3 is 5.97 Å². The second-order valence-corrected chi connectivity index (χ2v) is 7.08. The number of benzene rings is 1. The molecule has 6 nitrogen and oxygen atoms in total. The van der Waals surface area contributed by atoms with Gasteiger partial charge in [0.25, 0.3) is 5.91 Å². The number of carboxylic acid groups (broad SMARTS) is 1. The van der Waals surface area contributed by atoms with E-state index in [1.807, 2.05) is 0 Å². The molecule has 0 aliphatic carbocycles. The van der Waals surface area contributed by atoms with Crippen molar-refractivity contribution in [3.05, 3.63) is 40.0 Å². The van der Waals surface area contributed by atoms with Gasteiger partial charge in [-0.1, -0.05) is 29.3 Å². The van der Waals surface area contributed by atoms with Crippen molar-refractivity contribution in [1.82, 2.24) is 14.8 Å². The SMILES string of the molecule is O=C(O)CCCN1CCN(C(=O)c2ccc3c(Cl)cc(Cl)nc3c2)CC1. The van der Waals surface area contributed by atoms with Crippen molar-refractivity contribution in [2.24, 2.45) is 0 Å². The second-order valence-electron chi connectivity index (χ2n) is 6.29. The number of aromatic nitrogens is 1. The molecule has 1 aliphatic rings. The Morgan fingerprint density at radius 2 is 1.85 bits per heavy atom. The smallest absolute Gasteiger partial charge is 0.303 e. The zero-order valence-electron chi connectivity index (χ0n) is 14.1. The molecule has 0 saturated carbocycles. The summed E-state index contributed by atoms with van der Waals surface area (Å²) in [4.78, 5) is 31.6. The molecule has 1 N–H and O–H groups in total. The first-order valence-electron chi connectivity index (χ1n) is 8.43. The van der Waals surface area contributed by atoms with Crippen molar-refractivity contribution in [3.8, 4) is 0 Å². The third-order valence-corrected chi connectivity index (χ3v) is 5.01. The van der Waals surface area contributed by atoms with E-state index < -0.39 is 5.97 Å². The molecule has 1 saturated heterocycles. The van der Waals surface area contributed by atoms with Crippen LogP contribution in [-0.2, 0) is 4.79 Å². The molecule has 26 heavy (non-hydrogen) atoms. The van der Waals surface area contributed by atoms with Crippen LogP contribution in [0.1, 0.15) is 23.2 Å². The topological polar surface area (TPSA) is 73.7 Å². The number of amides is 1. The predicted molar refractivity (Wildman–Crippen MR) is 101 cm³/mol. The average molecular weight is 396 g/mol. The van der Waals surface area contributed by atoms with Crippen LogP contribution in [0.3, 0.4) is 0 Å². The van der Waals surface area contributed by atoms with Gasteiger partial charge in [0.1, 0.15) is 5.15 Å². The van der Waals surface area contributed by atoms with Crippen molar-refractivity contribution >= 4 is 46.0 Å². The number of fused-ring (bicyclic) bond motifs is 1. The van der Waals surface area contributed by atoms with Crippen molar-refractivity contribution in [2.75, 3.05) is 32.7 Å². The Morgan fingerprint density at radius 3 is 2.54 bits per heavy atom. The monoisotopic (exact) mass is 395 g/mol. The normalized spacial score (nSPS) is 15.4. The summed E-state index contributed by atoms with van der Waals surface area (Å²) in [5.74, 6) is -0.820. The van der Waals surface area contributed by atoms with Gasteiger partial charge in [0, 0.05) is 43.5 Å². The molecular weight excluding hydrogens is 377 g/mol. The molecule has 1 amide bonds. The van der Waals surface area contributed by atoms with Gasteiger partial charge in [0.15, 0.2) is 0 Å². The van der Waals surface area contributed by atoms with E-state index in [-0.39, 0.29) is 12.3 Å². The number of carboxylic acids is 1. The average Bonchev–Trinajstić information content (AvgIpc) is 2.60. The van der Waals surface area contributed by atoms with Gasteiger partial charge < -0.3 is 10.0 Å². The minimum Gasteiger partial charge on any atom is -0.481 e. The molecular formula is C18H19Cl2N3O3. The standard InChI is InChI=1S/C18H19Cl2N3O3/c19-14-11-16(20)21-15-10-12(3-4-13(14)15)18(26)23-8-6-22(7-9-23)5-1-2-17(24)25/h3-4,10-11H,1-2,5-9H2,(H,24,25). The van der Waals surface area contributed by atoms with Gasteiger partial charge in [-0.15, -0.1) is 0 Å². The fourth-order valence-electron chi connectivity index (χ4n) is 3.10. The van der Waals surface area contributed by atoms with Gasteiger partial charge in [-0.3, -0.25) is 14.5 Å². The molecule has 0 atom stereocenters. The summed E-state index contributed by atoms with van der Waals surface area (Å²) in [6.07, 6.45) is 0.801. The van der Waals surface area contributed by atoms with E-state index in [4.69, 9.17) is 28.3 Å². The van der Waals surface area contributed by atoms with Crippen LogP contribution < -0.4 is 0 Å². The quantitative estimate of drug-likeness (QED) is 0.786. The highest BCUT2D eigenvalue weighted by molar-refractivity contribution is 6.37. The summed E-state index contributed by atoms with van der Waals surface area (Å²) >= 11 is 12.1. The maximum absolute atomic E-state index is 12.8. The molecule has 1 fully saturated rings. The second kappa shape index (κ2) is 8.20. The van der Waals surface area contributed by atoms with E-state index in [0.29, 0.717) is 40.8 Å². The number of nitrogens with zero attached hydrogens (tertiary/aromatic N) is 3. The number of carbonyl (C=O) groups excluding carboxylic acids is 1. The molecule has 0 bridgehead atoms. The maximum atomic E-state index is 12.8. The van der Waals surface area contributed by atoms with E-state index in [1.165, 1.54) is 0 Å². The number of hydrogen-bond donors (Lipinski definition) is 1. The summed E-state index contributed by atoms with van der Waals surface area (Å²) < 4.78 is 0. The molecule has 1 aromatic heterocycles. The van der Waals surface area contributed by atoms with E-state index in [9.17, 15) is 9.59 Å². The van der Waals surface area contributed by atoms with Crippen LogP contribution in [0.25, 0.3) is 10.9 Å². The first kappa shape index (κ1) is 18.9. The number of aliphatic carboxylic acids is 1. The summed E-state index contributed by atoms with van der Waals surface area (Å²) in [7, 11) is 0. The summed E-state index contributed by atoms with van der Waals surface area (Å²) in [5.41, 5.74) is 1.16. The zero-order valence-corrected chi connectivity index (χ0v) is 15.6. The van der Waals surface area contributed by atoms with E-state index in [2.05, 4.69) is 9.88 Å². The van der Waals surface area contributed by atoms with Crippen LogP contribution in [0.2, 0.25) is 10.2 Å². The molecule has 0 unspecified atom stereocenters. The van der Waals surface area contributed by atoms with Crippen LogP contribution in [0, 0.1) is 0 Å². The fraction of sp³-hybridized carbons (Fsp3) is 0.389. The zero-order chi connectivity index (χ0) is 18.7. The highest BCUT2D eigenvalue weighted by Gasteiger charge is 2.22.